The van der Waals surface area contributed by atoms with Gasteiger partial charge >= 0.3 is 0 Å². The smallest absolute Gasteiger partial charge is 0.230 e. The zero-order valence-corrected chi connectivity index (χ0v) is 10.3. The van der Waals surface area contributed by atoms with Crippen LogP contribution in [0.5, 0.6) is 0 Å². The number of nitrogens with zero attached hydrogens (tertiary/aromatic N) is 1. The molecule has 0 saturated carbocycles. The number of carbonyl (C=O) groups excluding carboxylic acids is 1. The molecule has 2 aromatic rings. The van der Waals surface area contributed by atoms with Crippen molar-refractivity contribution in [3.05, 3.63) is 65.5 Å². The fourth-order valence-corrected chi connectivity index (χ4v) is 1.88. The summed E-state index contributed by atoms with van der Waals surface area (Å²) in [5.41, 5.74) is 2.64. The summed E-state index contributed by atoms with van der Waals surface area (Å²) in [4.78, 5) is 15.5. The van der Waals surface area contributed by atoms with E-state index in [0.29, 0.717) is 6.54 Å². The van der Waals surface area contributed by atoms with Crippen LogP contribution in [0.4, 0.5) is 0 Å². The average Bonchev–Trinajstić information content (AvgIpc) is 2.46. The predicted molar refractivity (Wildman–Crippen MR) is 72.4 cm³/mol. The van der Waals surface area contributed by atoms with E-state index in [1.54, 1.807) is 6.20 Å². The van der Waals surface area contributed by atoms with E-state index in [1.165, 1.54) is 0 Å². The van der Waals surface area contributed by atoms with Gasteiger partial charge in [0.05, 0.1) is 11.6 Å². The molecule has 1 amide bonds. The van der Waals surface area contributed by atoms with Gasteiger partial charge in [0, 0.05) is 23.9 Å². The molecule has 1 aromatic heterocycles. The third-order valence-corrected chi connectivity index (χ3v) is 3.07. The average molecular weight is 248 g/mol. The number of nitrogens with one attached hydrogen (secondary N) is 1. The topological polar surface area (TPSA) is 42.0 Å². The van der Waals surface area contributed by atoms with Crippen LogP contribution in [-0.4, -0.2) is 17.4 Å². The van der Waals surface area contributed by atoms with Gasteiger partial charge in [-0.15, -0.1) is 0 Å². The molecule has 1 aromatic carbocycles. The van der Waals surface area contributed by atoms with E-state index in [0.717, 1.165) is 16.8 Å². The van der Waals surface area contributed by atoms with Gasteiger partial charge in [-0.3, -0.25) is 9.78 Å². The molecule has 0 bridgehead atoms. The second-order valence-electron chi connectivity index (χ2n) is 4.39. The maximum atomic E-state index is 11.2. The Balaban J connectivity index is 1.76. The number of pyridine rings is 1. The van der Waals surface area contributed by atoms with Crippen molar-refractivity contribution >= 4 is 5.91 Å². The Labute approximate surface area is 111 Å². The molecule has 1 N–H and O–H groups in total. The normalized spacial score (nSPS) is 16.8. The van der Waals surface area contributed by atoms with Gasteiger partial charge in [0.25, 0.3) is 0 Å². The first-order chi connectivity index (χ1) is 9.33. The lowest BCUT2D eigenvalue weighted by Crippen LogP contribution is -2.46. The standard InChI is InChI=1S/C16H12N2O/c19-16-14(11-18-16)15-9-8-13(10-17-15)7-6-12-4-2-1-3-5-12/h1-5,8-10,14H,11H2,(H,18,19). The molecule has 1 saturated heterocycles. The SMILES string of the molecule is O=C1NCC1c1ccc(C#Cc2ccccc2)cn1. The fourth-order valence-electron chi connectivity index (χ4n) is 1.88. The van der Waals surface area contributed by atoms with Crippen molar-refractivity contribution in [1.29, 1.82) is 0 Å². The molecule has 3 heteroatoms. The number of carbonyl (C=O) groups is 1. The van der Waals surface area contributed by atoms with E-state index >= 15 is 0 Å². The maximum absolute atomic E-state index is 11.2. The first kappa shape index (κ1) is 11.5. The van der Waals surface area contributed by atoms with Crippen LogP contribution in [0.25, 0.3) is 0 Å². The van der Waals surface area contributed by atoms with Gasteiger partial charge in [0.2, 0.25) is 5.91 Å². The van der Waals surface area contributed by atoms with Crippen LogP contribution in [0, 0.1) is 11.8 Å². The second kappa shape index (κ2) is 4.95. The van der Waals surface area contributed by atoms with Crippen molar-refractivity contribution in [1.82, 2.24) is 10.3 Å². The molecule has 1 aliphatic heterocycles. The van der Waals surface area contributed by atoms with Crippen LogP contribution in [-0.2, 0) is 4.79 Å². The number of benzene rings is 1. The maximum Gasteiger partial charge on any atom is 0.230 e. The monoisotopic (exact) mass is 248 g/mol. The highest BCUT2D eigenvalue weighted by Crippen LogP contribution is 2.18. The van der Waals surface area contributed by atoms with Crippen LogP contribution < -0.4 is 5.32 Å². The third kappa shape index (κ3) is 2.48. The van der Waals surface area contributed by atoms with Crippen LogP contribution in [0.3, 0.4) is 0 Å². The lowest BCUT2D eigenvalue weighted by Gasteiger charge is -2.25. The zero-order valence-electron chi connectivity index (χ0n) is 10.3. The Morgan fingerprint density at radius 1 is 1.05 bits per heavy atom. The van der Waals surface area contributed by atoms with Crippen molar-refractivity contribution in [2.45, 2.75) is 5.92 Å². The second-order valence-corrected chi connectivity index (χ2v) is 4.39. The van der Waals surface area contributed by atoms with Crippen molar-refractivity contribution < 1.29 is 4.79 Å². The van der Waals surface area contributed by atoms with Crippen LogP contribution in [0.1, 0.15) is 22.7 Å². The molecule has 1 fully saturated rings. The van der Waals surface area contributed by atoms with Crippen molar-refractivity contribution in [2.75, 3.05) is 6.54 Å². The van der Waals surface area contributed by atoms with Crippen molar-refractivity contribution in [3.8, 4) is 11.8 Å². The molecular formula is C16H12N2O. The molecule has 1 atom stereocenters. The van der Waals surface area contributed by atoms with Gasteiger partial charge in [0.15, 0.2) is 0 Å². The number of β-lactam (4-membered cyclic amide) rings is 1. The van der Waals surface area contributed by atoms with E-state index in [1.807, 2.05) is 42.5 Å². The summed E-state index contributed by atoms with van der Waals surface area (Å²) in [7, 11) is 0. The summed E-state index contributed by atoms with van der Waals surface area (Å²) in [5, 5.41) is 2.71. The van der Waals surface area contributed by atoms with Crippen LogP contribution in [0.2, 0.25) is 0 Å². The Morgan fingerprint density at radius 2 is 1.84 bits per heavy atom. The van der Waals surface area contributed by atoms with Crippen LogP contribution in [0.15, 0.2) is 48.7 Å². The van der Waals surface area contributed by atoms with Gasteiger partial charge < -0.3 is 5.32 Å². The predicted octanol–water partition coefficient (Wildman–Crippen LogP) is 1.69. The number of rotatable bonds is 1. The minimum Gasteiger partial charge on any atom is -0.354 e. The summed E-state index contributed by atoms with van der Waals surface area (Å²) < 4.78 is 0. The number of hydrogen-bond acceptors (Lipinski definition) is 2. The van der Waals surface area contributed by atoms with Gasteiger partial charge in [-0.2, -0.15) is 0 Å². The molecule has 1 unspecified atom stereocenters. The molecule has 0 spiro atoms. The quantitative estimate of drug-likeness (QED) is 0.616. The van der Waals surface area contributed by atoms with Crippen LogP contribution >= 0.6 is 0 Å². The number of aromatic nitrogens is 1. The summed E-state index contributed by atoms with van der Waals surface area (Å²) in [6.07, 6.45) is 1.72. The van der Waals surface area contributed by atoms with Crippen molar-refractivity contribution in [3.63, 3.8) is 0 Å². The molecular weight excluding hydrogens is 236 g/mol. The lowest BCUT2D eigenvalue weighted by atomic mass is 9.97. The largest absolute Gasteiger partial charge is 0.354 e. The Morgan fingerprint density at radius 3 is 2.42 bits per heavy atom. The Hall–Kier alpha value is -2.60. The highest BCUT2D eigenvalue weighted by molar-refractivity contribution is 5.89. The summed E-state index contributed by atoms with van der Waals surface area (Å²) in [6.45, 7) is 0.681. The zero-order chi connectivity index (χ0) is 13.1. The van der Waals surface area contributed by atoms with Crippen molar-refractivity contribution in [2.24, 2.45) is 0 Å². The fraction of sp³-hybridized carbons (Fsp3) is 0.125. The minimum atomic E-state index is -0.0869. The highest BCUT2D eigenvalue weighted by Gasteiger charge is 2.30. The molecule has 0 radical (unpaired) electrons. The van der Waals surface area contributed by atoms with Gasteiger partial charge in [-0.25, -0.2) is 0 Å². The van der Waals surface area contributed by atoms with E-state index < -0.39 is 0 Å². The molecule has 3 nitrogen and oxygen atoms in total. The molecule has 1 aliphatic rings. The Bertz CT molecular complexity index is 651. The molecule has 19 heavy (non-hydrogen) atoms. The first-order valence-electron chi connectivity index (χ1n) is 6.14. The summed E-state index contributed by atoms with van der Waals surface area (Å²) >= 11 is 0. The van der Waals surface area contributed by atoms with E-state index in [-0.39, 0.29) is 11.8 Å². The van der Waals surface area contributed by atoms with Gasteiger partial charge in [0.1, 0.15) is 0 Å². The summed E-state index contributed by atoms with van der Waals surface area (Å²) in [6, 6.07) is 13.6. The summed E-state index contributed by atoms with van der Waals surface area (Å²) in [5.74, 6) is 6.10. The highest BCUT2D eigenvalue weighted by atomic mass is 16.2. The van der Waals surface area contributed by atoms with Gasteiger partial charge in [-0.05, 0) is 24.3 Å². The lowest BCUT2D eigenvalue weighted by molar-refractivity contribution is -0.127. The van der Waals surface area contributed by atoms with E-state index in [4.69, 9.17) is 0 Å². The first-order valence-corrected chi connectivity index (χ1v) is 6.14. The molecule has 0 aliphatic carbocycles. The Kier molecular flexibility index (Phi) is 2.99. The minimum absolute atomic E-state index is 0.0515. The number of hydrogen-bond donors (Lipinski definition) is 1. The molecule has 92 valence electrons. The molecule has 2 heterocycles. The number of amides is 1. The van der Waals surface area contributed by atoms with E-state index in [2.05, 4.69) is 22.1 Å². The van der Waals surface area contributed by atoms with Gasteiger partial charge in [-0.1, -0.05) is 30.0 Å². The molecule has 3 rings (SSSR count). The van der Waals surface area contributed by atoms with E-state index in [9.17, 15) is 4.79 Å². The third-order valence-electron chi connectivity index (χ3n) is 3.07.